The number of ether oxygens (including phenoxy) is 1. The minimum absolute atomic E-state index is 0.0404. The molecule has 1 fully saturated rings. The highest BCUT2D eigenvalue weighted by Crippen LogP contribution is 2.26. The van der Waals surface area contributed by atoms with Gasteiger partial charge in [0.2, 0.25) is 5.88 Å². The van der Waals surface area contributed by atoms with Gasteiger partial charge in [0, 0.05) is 5.39 Å². The average molecular weight is 415 g/mol. The van der Waals surface area contributed by atoms with Gasteiger partial charge in [-0.05, 0) is 63.7 Å². The molecule has 31 heavy (non-hydrogen) atoms. The average Bonchev–Trinajstić information content (AvgIpc) is 3.03. The molecule has 6 heteroatoms. The van der Waals surface area contributed by atoms with Gasteiger partial charge in [-0.2, -0.15) is 0 Å². The molecule has 5 rings (SSSR count). The van der Waals surface area contributed by atoms with Gasteiger partial charge in [-0.1, -0.05) is 36.4 Å². The third-order valence-corrected chi connectivity index (χ3v) is 6.07. The number of rotatable bonds is 4. The van der Waals surface area contributed by atoms with E-state index in [1.54, 1.807) is 4.68 Å². The summed E-state index contributed by atoms with van der Waals surface area (Å²) in [6.07, 6.45) is 2.91. The number of nitrogens with zero attached hydrogens (tertiary/aromatic N) is 4. The smallest absolute Gasteiger partial charge is 0.275 e. The molecule has 158 valence electrons. The van der Waals surface area contributed by atoms with Gasteiger partial charge < -0.3 is 9.64 Å². The monoisotopic (exact) mass is 414 g/mol. The maximum atomic E-state index is 13.2. The second-order valence-corrected chi connectivity index (χ2v) is 8.27. The highest BCUT2D eigenvalue weighted by Gasteiger charge is 2.21. The number of aromatic nitrogens is 3. The van der Waals surface area contributed by atoms with Gasteiger partial charge in [0.05, 0.1) is 28.0 Å². The van der Waals surface area contributed by atoms with Crippen LogP contribution in [-0.4, -0.2) is 39.8 Å². The summed E-state index contributed by atoms with van der Waals surface area (Å²) in [5.41, 5.74) is 1.73. The zero-order valence-electron chi connectivity index (χ0n) is 17.7. The predicted molar refractivity (Wildman–Crippen MR) is 122 cm³/mol. The Kier molecular flexibility index (Phi) is 5.38. The summed E-state index contributed by atoms with van der Waals surface area (Å²) in [4.78, 5) is 20.2. The lowest BCUT2D eigenvalue weighted by molar-refractivity contribution is 0.273. The molecule has 6 nitrogen and oxygen atoms in total. The number of likely N-dealkylation sites (tertiary alicyclic amines) is 1. The number of fused-ring (bicyclic) bond motifs is 2. The lowest BCUT2D eigenvalue weighted by Gasteiger charge is -2.19. The standard InChI is InChI=1S/C25H26N4O2/c1-28-15-6-8-20(14-16-28)29-25(30)22-10-4-3-9-21(22)24(27-29)31-17-19-13-12-18-7-2-5-11-23(18)26-19/h2-5,7,9-13,20H,6,8,14-17H2,1H3. The molecule has 2 aromatic carbocycles. The molecule has 0 saturated carbocycles. The third-order valence-electron chi connectivity index (χ3n) is 6.07. The molecule has 0 radical (unpaired) electrons. The molecule has 0 aliphatic carbocycles. The fraction of sp³-hybridized carbons (Fsp3) is 0.320. The van der Waals surface area contributed by atoms with Gasteiger partial charge >= 0.3 is 0 Å². The lowest BCUT2D eigenvalue weighted by Crippen LogP contribution is -2.29. The summed E-state index contributed by atoms with van der Waals surface area (Å²) in [5.74, 6) is 0.489. The minimum Gasteiger partial charge on any atom is -0.470 e. The Morgan fingerprint density at radius 3 is 2.68 bits per heavy atom. The number of hydrogen-bond donors (Lipinski definition) is 0. The third kappa shape index (κ3) is 4.03. The van der Waals surface area contributed by atoms with Crippen LogP contribution in [0.1, 0.15) is 31.0 Å². The van der Waals surface area contributed by atoms with Gasteiger partial charge in [-0.3, -0.25) is 4.79 Å². The van der Waals surface area contributed by atoms with Crippen LogP contribution in [0.3, 0.4) is 0 Å². The first kappa shape index (κ1) is 19.7. The molecule has 0 N–H and O–H groups in total. The van der Waals surface area contributed by atoms with Crippen molar-refractivity contribution in [2.75, 3.05) is 20.1 Å². The first-order valence-corrected chi connectivity index (χ1v) is 10.9. The summed E-state index contributed by atoms with van der Waals surface area (Å²) in [5, 5.41) is 7.20. The van der Waals surface area contributed by atoms with Crippen LogP contribution in [0.2, 0.25) is 0 Å². The largest absolute Gasteiger partial charge is 0.470 e. The number of para-hydroxylation sites is 1. The van der Waals surface area contributed by atoms with E-state index in [9.17, 15) is 4.79 Å². The van der Waals surface area contributed by atoms with Crippen LogP contribution in [0.15, 0.2) is 65.5 Å². The van der Waals surface area contributed by atoms with E-state index < -0.39 is 0 Å². The number of benzene rings is 2. The molecule has 0 spiro atoms. The van der Waals surface area contributed by atoms with Crippen molar-refractivity contribution in [3.63, 3.8) is 0 Å². The summed E-state index contributed by atoms with van der Waals surface area (Å²) >= 11 is 0. The van der Waals surface area contributed by atoms with Crippen LogP contribution < -0.4 is 10.3 Å². The fourth-order valence-corrected chi connectivity index (χ4v) is 4.33. The van der Waals surface area contributed by atoms with Gasteiger partial charge in [-0.15, -0.1) is 5.10 Å². The SMILES string of the molecule is CN1CCCC(n2nc(OCc3ccc4ccccc4n3)c3ccccc3c2=O)CC1. The zero-order valence-corrected chi connectivity index (χ0v) is 17.7. The van der Waals surface area contributed by atoms with E-state index in [4.69, 9.17) is 14.8 Å². The van der Waals surface area contributed by atoms with Crippen molar-refractivity contribution in [1.29, 1.82) is 0 Å². The van der Waals surface area contributed by atoms with E-state index in [1.807, 2.05) is 54.6 Å². The summed E-state index contributed by atoms with van der Waals surface area (Å²) < 4.78 is 7.81. The zero-order chi connectivity index (χ0) is 21.2. The lowest BCUT2D eigenvalue weighted by atomic mass is 10.1. The van der Waals surface area contributed by atoms with E-state index in [2.05, 4.69) is 18.0 Å². The molecule has 1 saturated heterocycles. The van der Waals surface area contributed by atoms with Crippen molar-refractivity contribution in [3.05, 3.63) is 76.7 Å². The van der Waals surface area contributed by atoms with E-state index in [-0.39, 0.29) is 11.6 Å². The molecular weight excluding hydrogens is 388 g/mol. The van der Waals surface area contributed by atoms with Crippen LogP contribution in [-0.2, 0) is 6.61 Å². The topological polar surface area (TPSA) is 60.3 Å². The van der Waals surface area contributed by atoms with E-state index in [1.165, 1.54) is 0 Å². The van der Waals surface area contributed by atoms with Crippen LogP contribution in [0, 0.1) is 0 Å². The molecule has 2 aromatic heterocycles. The molecular formula is C25H26N4O2. The normalized spacial score (nSPS) is 17.6. The Labute approximate surface area is 181 Å². The molecule has 1 aliphatic rings. The highest BCUT2D eigenvalue weighted by molar-refractivity contribution is 5.85. The van der Waals surface area contributed by atoms with Gasteiger partial charge in [0.1, 0.15) is 6.61 Å². The fourth-order valence-electron chi connectivity index (χ4n) is 4.33. The maximum absolute atomic E-state index is 13.2. The molecule has 3 heterocycles. The molecule has 1 atom stereocenters. The minimum atomic E-state index is -0.0404. The summed E-state index contributed by atoms with van der Waals surface area (Å²) in [7, 11) is 2.13. The van der Waals surface area contributed by atoms with Crippen molar-refractivity contribution < 1.29 is 4.74 Å². The van der Waals surface area contributed by atoms with Gasteiger partial charge in [0.25, 0.3) is 5.56 Å². The molecule has 4 aromatic rings. The van der Waals surface area contributed by atoms with Crippen LogP contribution in [0.5, 0.6) is 5.88 Å². The van der Waals surface area contributed by atoms with Crippen molar-refractivity contribution in [1.82, 2.24) is 19.7 Å². The Balaban J connectivity index is 1.49. The second-order valence-electron chi connectivity index (χ2n) is 8.27. The van der Waals surface area contributed by atoms with Gasteiger partial charge in [-0.25, -0.2) is 9.67 Å². The first-order chi connectivity index (χ1) is 15.2. The van der Waals surface area contributed by atoms with Crippen LogP contribution >= 0.6 is 0 Å². The Morgan fingerprint density at radius 2 is 1.77 bits per heavy atom. The summed E-state index contributed by atoms with van der Waals surface area (Å²) in [6, 6.07) is 19.7. The molecule has 0 amide bonds. The van der Waals surface area contributed by atoms with Crippen LogP contribution in [0.4, 0.5) is 0 Å². The molecule has 1 aliphatic heterocycles. The van der Waals surface area contributed by atoms with Crippen molar-refractivity contribution in [2.24, 2.45) is 0 Å². The van der Waals surface area contributed by atoms with Crippen molar-refractivity contribution in [2.45, 2.75) is 31.9 Å². The van der Waals surface area contributed by atoms with E-state index >= 15 is 0 Å². The van der Waals surface area contributed by atoms with Gasteiger partial charge in [0.15, 0.2) is 0 Å². The van der Waals surface area contributed by atoms with E-state index in [0.29, 0.717) is 17.9 Å². The second kappa shape index (κ2) is 8.47. The molecule has 1 unspecified atom stereocenters. The molecule has 0 bridgehead atoms. The number of pyridine rings is 1. The highest BCUT2D eigenvalue weighted by atomic mass is 16.5. The predicted octanol–water partition coefficient (Wildman–Crippen LogP) is 4.18. The van der Waals surface area contributed by atoms with Crippen molar-refractivity contribution >= 4 is 21.7 Å². The Bertz CT molecular complexity index is 1280. The van der Waals surface area contributed by atoms with Crippen molar-refractivity contribution in [3.8, 4) is 5.88 Å². The van der Waals surface area contributed by atoms with E-state index in [0.717, 1.165) is 54.3 Å². The maximum Gasteiger partial charge on any atom is 0.275 e. The first-order valence-electron chi connectivity index (χ1n) is 10.9. The Hall–Kier alpha value is -3.25. The Morgan fingerprint density at radius 1 is 0.968 bits per heavy atom. The number of hydrogen-bond acceptors (Lipinski definition) is 5. The summed E-state index contributed by atoms with van der Waals surface area (Å²) in [6.45, 7) is 2.31. The quantitative estimate of drug-likeness (QED) is 0.501. The van der Waals surface area contributed by atoms with Crippen LogP contribution in [0.25, 0.3) is 21.7 Å².